The zero-order chi connectivity index (χ0) is 14.8. The topological polar surface area (TPSA) is 35.6 Å². The molecule has 3 heterocycles. The maximum Gasteiger partial charge on any atom is 0.264 e. The first-order valence-electron chi connectivity index (χ1n) is 7.86. The molecule has 1 amide bonds. The van der Waals surface area contributed by atoms with Crippen molar-refractivity contribution < 1.29 is 4.79 Å². The third-order valence-corrected chi connectivity index (χ3v) is 5.68. The predicted molar refractivity (Wildman–Crippen MR) is 101 cm³/mol. The summed E-state index contributed by atoms with van der Waals surface area (Å²) in [6, 6.07) is 2.09. The molecule has 23 heavy (non-hydrogen) atoms. The van der Waals surface area contributed by atoms with Crippen molar-refractivity contribution in [3.05, 3.63) is 21.9 Å². The van der Waals surface area contributed by atoms with E-state index in [1.165, 1.54) is 5.56 Å². The number of likely N-dealkylation sites (tertiary alicyclic amines) is 1. The minimum atomic E-state index is 0. The highest BCUT2D eigenvalue weighted by molar-refractivity contribution is 7.12. The van der Waals surface area contributed by atoms with Gasteiger partial charge in [0, 0.05) is 19.6 Å². The summed E-state index contributed by atoms with van der Waals surface area (Å²) in [6.45, 7) is 4.95. The van der Waals surface area contributed by atoms with Gasteiger partial charge in [-0.2, -0.15) is 0 Å². The lowest BCUT2D eigenvalue weighted by molar-refractivity contribution is 0.0762. The predicted octanol–water partition coefficient (Wildman–Crippen LogP) is 2.72. The van der Waals surface area contributed by atoms with Crippen LogP contribution in [0.2, 0.25) is 0 Å². The number of amides is 1. The standard InChI is InChI=1S/C16H25N3OS.2ClH/c1-18(2)11-14-5-8-21-15(14)16(20)19-6-3-12-9-17-10-13(12)4-7-19;;/h5,8,12-13,17H,3-4,6-7,9-11H2,1-2H3;2*1H/t12-,13+;;. The molecule has 1 aromatic rings. The minimum Gasteiger partial charge on any atom is -0.338 e. The molecule has 1 N–H and O–H groups in total. The summed E-state index contributed by atoms with van der Waals surface area (Å²) in [5.41, 5.74) is 1.17. The monoisotopic (exact) mass is 379 g/mol. The number of rotatable bonds is 3. The zero-order valence-electron chi connectivity index (χ0n) is 13.8. The van der Waals surface area contributed by atoms with Crippen LogP contribution in [0.15, 0.2) is 11.4 Å². The van der Waals surface area contributed by atoms with E-state index in [4.69, 9.17) is 0 Å². The third kappa shape index (κ3) is 4.83. The number of nitrogens with one attached hydrogen (secondary N) is 1. The Morgan fingerprint density at radius 1 is 1.26 bits per heavy atom. The second kappa shape index (κ2) is 9.23. The second-order valence-electron chi connectivity index (χ2n) is 6.56. The normalized spacial score (nSPS) is 23.7. The summed E-state index contributed by atoms with van der Waals surface area (Å²) >= 11 is 1.59. The highest BCUT2D eigenvalue weighted by Gasteiger charge is 2.32. The van der Waals surface area contributed by atoms with Gasteiger partial charge in [-0.05, 0) is 68.9 Å². The Balaban J connectivity index is 0.00000132. The van der Waals surface area contributed by atoms with Crippen molar-refractivity contribution in [3.8, 4) is 0 Å². The van der Waals surface area contributed by atoms with Crippen molar-refractivity contribution in [1.29, 1.82) is 0 Å². The Morgan fingerprint density at radius 2 is 1.87 bits per heavy atom. The summed E-state index contributed by atoms with van der Waals surface area (Å²) in [5, 5.41) is 5.53. The van der Waals surface area contributed by atoms with E-state index >= 15 is 0 Å². The second-order valence-corrected chi connectivity index (χ2v) is 7.48. The Kier molecular flexibility index (Phi) is 8.31. The highest BCUT2D eigenvalue weighted by Crippen LogP contribution is 2.29. The van der Waals surface area contributed by atoms with E-state index in [9.17, 15) is 4.79 Å². The van der Waals surface area contributed by atoms with Crippen molar-refractivity contribution in [2.75, 3.05) is 40.3 Å². The van der Waals surface area contributed by atoms with Crippen LogP contribution in [-0.4, -0.2) is 56.0 Å². The van der Waals surface area contributed by atoms with Crippen LogP contribution in [0.5, 0.6) is 0 Å². The van der Waals surface area contributed by atoms with Gasteiger partial charge < -0.3 is 15.1 Å². The number of thiophene rings is 1. The highest BCUT2D eigenvalue weighted by atomic mass is 35.5. The number of carbonyl (C=O) groups excluding carboxylic acids is 1. The minimum absolute atomic E-state index is 0. The van der Waals surface area contributed by atoms with Gasteiger partial charge in [0.05, 0.1) is 4.88 Å². The number of fused-ring (bicyclic) bond motifs is 1. The summed E-state index contributed by atoms with van der Waals surface area (Å²) in [4.78, 5) is 18.0. The fraction of sp³-hybridized carbons (Fsp3) is 0.688. The molecule has 2 saturated heterocycles. The molecule has 2 aliphatic heterocycles. The molecular formula is C16H27Cl2N3OS. The molecule has 0 unspecified atom stereocenters. The largest absolute Gasteiger partial charge is 0.338 e. The van der Waals surface area contributed by atoms with Crippen molar-refractivity contribution in [2.45, 2.75) is 19.4 Å². The van der Waals surface area contributed by atoms with Crippen molar-refractivity contribution in [1.82, 2.24) is 15.1 Å². The number of hydrogen-bond acceptors (Lipinski definition) is 4. The van der Waals surface area contributed by atoms with Gasteiger partial charge >= 0.3 is 0 Å². The molecule has 2 atom stereocenters. The van der Waals surface area contributed by atoms with Crippen LogP contribution in [-0.2, 0) is 6.54 Å². The smallest absolute Gasteiger partial charge is 0.264 e. The summed E-state index contributed by atoms with van der Waals surface area (Å²) in [6.07, 6.45) is 2.30. The first-order valence-corrected chi connectivity index (χ1v) is 8.74. The fourth-order valence-electron chi connectivity index (χ4n) is 3.55. The Hall–Kier alpha value is -0.330. The number of halogens is 2. The molecule has 7 heteroatoms. The number of hydrogen-bond donors (Lipinski definition) is 1. The molecule has 2 fully saturated rings. The molecule has 0 radical (unpaired) electrons. The van der Waals surface area contributed by atoms with E-state index in [0.29, 0.717) is 0 Å². The molecule has 0 aromatic carbocycles. The first kappa shape index (κ1) is 20.7. The third-order valence-electron chi connectivity index (χ3n) is 4.73. The van der Waals surface area contributed by atoms with Gasteiger partial charge in [-0.3, -0.25) is 4.79 Å². The lowest BCUT2D eigenvalue weighted by Gasteiger charge is -2.21. The maximum atomic E-state index is 12.8. The zero-order valence-corrected chi connectivity index (χ0v) is 16.2. The first-order chi connectivity index (χ1) is 10.1. The van der Waals surface area contributed by atoms with Crippen LogP contribution in [0.4, 0.5) is 0 Å². The van der Waals surface area contributed by atoms with E-state index in [-0.39, 0.29) is 30.7 Å². The Labute approximate surface area is 155 Å². The van der Waals surface area contributed by atoms with Crippen molar-refractivity contribution in [3.63, 3.8) is 0 Å². The average Bonchev–Trinajstić information content (AvgIpc) is 3.03. The summed E-state index contributed by atoms with van der Waals surface area (Å²) < 4.78 is 0. The van der Waals surface area contributed by atoms with Crippen LogP contribution in [0.3, 0.4) is 0 Å². The van der Waals surface area contributed by atoms with Crippen LogP contribution in [0.1, 0.15) is 28.1 Å². The lowest BCUT2D eigenvalue weighted by Crippen LogP contribution is -2.33. The van der Waals surface area contributed by atoms with Gasteiger partial charge in [-0.1, -0.05) is 0 Å². The van der Waals surface area contributed by atoms with E-state index in [1.54, 1.807) is 11.3 Å². The quantitative estimate of drug-likeness (QED) is 0.876. The van der Waals surface area contributed by atoms with E-state index < -0.39 is 0 Å². The van der Waals surface area contributed by atoms with Gasteiger partial charge in [0.15, 0.2) is 0 Å². The Morgan fingerprint density at radius 3 is 2.43 bits per heavy atom. The van der Waals surface area contributed by atoms with Gasteiger partial charge in [0.2, 0.25) is 0 Å². The summed E-state index contributed by atoms with van der Waals surface area (Å²) in [7, 11) is 4.10. The average molecular weight is 380 g/mol. The van der Waals surface area contributed by atoms with Gasteiger partial charge in [0.25, 0.3) is 5.91 Å². The van der Waals surface area contributed by atoms with Crippen LogP contribution < -0.4 is 5.32 Å². The molecular weight excluding hydrogens is 353 g/mol. The maximum absolute atomic E-state index is 12.8. The van der Waals surface area contributed by atoms with Gasteiger partial charge in [-0.15, -0.1) is 36.2 Å². The van der Waals surface area contributed by atoms with Crippen molar-refractivity contribution >= 4 is 42.1 Å². The molecule has 0 bridgehead atoms. The van der Waals surface area contributed by atoms with Crippen LogP contribution in [0.25, 0.3) is 0 Å². The molecule has 0 saturated carbocycles. The lowest BCUT2D eigenvalue weighted by atomic mass is 9.92. The van der Waals surface area contributed by atoms with E-state index in [0.717, 1.165) is 62.3 Å². The Bertz CT molecular complexity index is 495. The molecule has 1 aromatic heterocycles. The molecule has 4 nitrogen and oxygen atoms in total. The molecule has 3 rings (SSSR count). The van der Waals surface area contributed by atoms with Gasteiger partial charge in [0.1, 0.15) is 0 Å². The SMILES string of the molecule is CN(C)Cc1ccsc1C(=O)N1CC[C@@H]2CNC[C@@H]2CC1.Cl.Cl. The van der Waals surface area contributed by atoms with Crippen LogP contribution in [0, 0.1) is 11.8 Å². The van der Waals surface area contributed by atoms with Crippen LogP contribution >= 0.6 is 36.2 Å². The number of nitrogens with zero attached hydrogens (tertiary/aromatic N) is 2. The summed E-state index contributed by atoms with van der Waals surface area (Å²) in [5.74, 6) is 1.79. The van der Waals surface area contributed by atoms with E-state index in [1.807, 2.05) is 19.5 Å². The molecule has 0 aliphatic carbocycles. The molecule has 0 spiro atoms. The van der Waals surface area contributed by atoms with E-state index in [2.05, 4.69) is 21.2 Å². The fourth-order valence-corrected chi connectivity index (χ4v) is 4.44. The number of carbonyl (C=O) groups is 1. The molecule has 132 valence electrons. The van der Waals surface area contributed by atoms with Crippen molar-refractivity contribution in [2.24, 2.45) is 11.8 Å². The molecule has 2 aliphatic rings. The van der Waals surface area contributed by atoms with Gasteiger partial charge in [-0.25, -0.2) is 0 Å².